The average Bonchev–Trinajstić information content (AvgIpc) is 2.53. The molecule has 0 bridgehead atoms. The lowest BCUT2D eigenvalue weighted by Crippen LogP contribution is -2.31. The van der Waals surface area contributed by atoms with Crippen molar-refractivity contribution in [3.8, 4) is 5.75 Å². The van der Waals surface area contributed by atoms with Gasteiger partial charge in [-0.25, -0.2) is 0 Å². The van der Waals surface area contributed by atoms with Gasteiger partial charge in [-0.1, -0.05) is 27.7 Å². The van der Waals surface area contributed by atoms with E-state index in [1.54, 1.807) is 12.3 Å². The molecule has 0 saturated carbocycles. The minimum Gasteiger partial charge on any atom is -0.503 e. The van der Waals surface area contributed by atoms with E-state index in [1.165, 1.54) is 0 Å². The van der Waals surface area contributed by atoms with Gasteiger partial charge in [-0.15, -0.1) is 0 Å². The number of hydrogen-bond donors (Lipinski definition) is 1. The molecule has 1 aromatic heterocycles. The zero-order chi connectivity index (χ0) is 17.2. The van der Waals surface area contributed by atoms with Gasteiger partial charge >= 0.3 is 0 Å². The van der Waals surface area contributed by atoms with Gasteiger partial charge in [0.05, 0.1) is 6.20 Å². The molecule has 0 aliphatic carbocycles. The van der Waals surface area contributed by atoms with Crippen LogP contribution in [0.25, 0.3) is 0 Å². The van der Waals surface area contributed by atoms with Crippen LogP contribution in [0, 0.1) is 0 Å². The molecular weight excluding hydrogens is 290 g/mol. The van der Waals surface area contributed by atoms with Gasteiger partial charge in [-0.05, 0) is 39.0 Å². The highest BCUT2D eigenvalue weighted by atomic mass is 16.3. The van der Waals surface area contributed by atoms with Crippen molar-refractivity contribution < 1.29 is 5.11 Å². The third-order valence-corrected chi connectivity index (χ3v) is 4.21. The van der Waals surface area contributed by atoms with Gasteiger partial charge in [0, 0.05) is 31.4 Å². The summed E-state index contributed by atoms with van der Waals surface area (Å²) in [7, 11) is 0. The molecule has 0 unspecified atom stereocenters. The van der Waals surface area contributed by atoms with Gasteiger partial charge in [0.25, 0.3) is 0 Å². The first-order valence-electron chi connectivity index (χ1n) is 8.92. The number of aromatic nitrogens is 1. The van der Waals surface area contributed by atoms with Crippen LogP contribution in [-0.2, 0) is 13.1 Å². The third-order valence-electron chi connectivity index (χ3n) is 4.21. The fourth-order valence-corrected chi connectivity index (χ4v) is 2.87. The van der Waals surface area contributed by atoms with Crippen LogP contribution in [0.2, 0.25) is 0 Å². The van der Waals surface area contributed by atoms with E-state index in [4.69, 9.17) is 0 Å². The first-order valence-corrected chi connectivity index (χ1v) is 8.92. The topological polar surface area (TPSA) is 48.7 Å². The summed E-state index contributed by atoms with van der Waals surface area (Å²) in [6.07, 6.45) is 3.79. The maximum Gasteiger partial charge on any atom is 0.223 e. The molecule has 0 aromatic carbocycles. The minimum atomic E-state index is -0.285. The van der Waals surface area contributed by atoms with Crippen LogP contribution >= 0.6 is 0 Å². The van der Waals surface area contributed by atoms with Crippen molar-refractivity contribution in [2.75, 3.05) is 32.7 Å². The first-order chi connectivity index (χ1) is 11.0. The van der Waals surface area contributed by atoms with Crippen LogP contribution in [0.15, 0.2) is 17.1 Å². The van der Waals surface area contributed by atoms with Crippen LogP contribution in [0.3, 0.4) is 0 Å². The van der Waals surface area contributed by atoms with Gasteiger partial charge < -0.3 is 14.6 Å². The molecule has 0 saturated heterocycles. The standard InChI is InChI=1S/C18H33N3O2/c1-5-9-20(10-6-2)14-16-13-17(22)18(23)15-21(16)12-11-19(7-3)8-4/h13,15,23H,5-12,14H2,1-4H3. The Hall–Kier alpha value is -1.33. The largest absolute Gasteiger partial charge is 0.503 e. The molecule has 5 nitrogen and oxygen atoms in total. The molecule has 0 aliphatic heterocycles. The van der Waals surface area contributed by atoms with E-state index in [0.717, 1.165) is 64.3 Å². The Bertz CT molecular complexity index is 503. The summed E-state index contributed by atoms with van der Waals surface area (Å²) in [6.45, 7) is 15.2. The van der Waals surface area contributed by atoms with Crippen molar-refractivity contribution in [1.82, 2.24) is 14.4 Å². The molecule has 0 radical (unpaired) electrons. The smallest absolute Gasteiger partial charge is 0.223 e. The number of pyridine rings is 1. The Kier molecular flexibility index (Phi) is 8.95. The Labute approximate surface area is 140 Å². The highest BCUT2D eigenvalue weighted by molar-refractivity contribution is 5.20. The number of hydrogen-bond acceptors (Lipinski definition) is 4. The fraction of sp³-hybridized carbons (Fsp3) is 0.722. The maximum atomic E-state index is 11.8. The Morgan fingerprint density at radius 1 is 1.00 bits per heavy atom. The zero-order valence-corrected chi connectivity index (χ0v) is 15.2. The second-order valence-electron chi connectivity index (χ2n) is 6.01. The van der Waals surface area contributed by atoms with Crippen molar-refractivity contribution in [3.05, 3.63) is 28.2 Å². The van der Waals surface area contributed by atoms with Crippen molar-refractivity contribution in [2.45, 2.75) is 53.6 Å². The Balaban J connectivity index is 2.94. The molecule has 1 aromatic rings. The molecule has 1 heterocycles. The van der Waals surface area contributed by atoms with E-state index in [-0.39, 0.29) is 11.2 Å². The predicted molar refractivity (Wildman–Crippen MR) is 96.0 cm³/mol. The fourth-order valence-electron chi connectivity index (χ4n) is 2.87. The zero-order valence-electron chi connectivity index (χ0n) is 15.2. The number of aromatic hydroxyl groups is 1. The average molecular weight is 323 g/mol. The second-order valence-corrected chi connectivity index (χ2v) is 6.01. The molecule has 132 valence electrons. The van der Waals surface area contributed by atoms with Crippen molar-refractivity contribution in [2.24, 2.45) is 0 Å². The molecule has 1 N–H and O–H groups in total. The van der Waals surface area contributed by atoms with Crippen LogP contribution in [-0.4, -0.2) is 52.2 Å². The Morgan fingerprint density at radius 2 is 1.61 bits per heavy atom. The van der Waals surface area contributed by atoms with Gasteiger partial charge in [0.15, 0.2) is 5.75 Å². The molecule has 23 heavy (non-hydrogen) atoms. The van der Waals surface area contributed by atoms with Gasteiger partial charge in [0.1, 0.15) is 0 Å². The maximum absolute atomic E-state index is 11.8. The summed E-state index contributed by atoms with van der Waals surface area (Å²) in [5.41, 5.74) is 0.703. The quantitative estimate of drug-likeness (QED) is 0.680. The molecule has 0 spiro atoms. The summed E-state index contributed by atoms with van der Waals surface area (Å²) in [4.78, 5) is 16.6. The highest BCUT2D eigenvalue weighted by Gasteiger charge is 2.11. The minimum absolute atomic E-state index is 0.161. The molecule has 0 atom stereocenters. The van der Waals surface area contributed by atoms with Gasteiger partial charge in [-0.3, -0.25) is 9.69 Å². The molecular formula is C18H33N3O2. The number of rotatable bonds is 11. The SMILES string of the molecule is CCCN(CCC)Cc1cc(=O)c(O)cn1CCN(CC)CC. The van der Waals surface area contributed by atoms with E-state index in [9.17, 15) is 9.90 Å². The van der Waals surface area contributed by atoms with E-state index in [2.05, 4.69) is 37.5 Å². The normalized spacial score (nSPS) is 11.6. The monoisotopic (exact) mass is 323 g/mol. The summed E-state index contributed by atoms with van der Waals surface area (Å²) in [6, 6.07) is 1.59. The lowest BCUT2D eigenvalue weighted by atomic mass is 10.2. The number of likely N-dealkylation sites (N-methyl/N-ethyl adjacent to an activating group) is 1. The van der Waals surface area contributed by atoms with Crippen molar-refractivity contribution in [3.63, 3.8) is 0 Å². The van der Waals surface area contributed by atoms with Crippen molar-refractivity contribution in [1.29, 1.82) is 0 Å². The third kappa shape index (κ3) is 6.36. The molecule has 0 aliphatic rings. The van der Waals surface area contributed by atoms with E-state index in [0.29, 0.717) is 0 Å². The summed E-state index contributed by atoms with van der Waals surface area (Å²) in [5, 5.41) is 9.78. The van der Waals surface area contributed by atoms with Crippen LogP contribution in [0.4, 0.5) is 0 Å². The van der Waals surface area contributed by atoms with E-state index in [1.807, 2.05) is 4.57 Å². The molecule has 1 rings (SSSR count). The highest BCUT2D eigenvalue weighted by Crippen LogP contribution is 2.10. The summed E-state index contributed by atoms with van der Waals surface area (Å²) >= 11 is 0. The first kappa shape index (κ1) is 19.7. The molecule has 0 amide bonds. The molecule has 0 fully saturated rings. The van der Waals surface area contributed by atoms with E-state index < -0.39 is 0 Å². The van der Waals surface area contributed by atoms with Gasteiger partial charge in [0.2, 0.25) is 5.43 Å². The summed E-state index contributed by atoms with van der Waals surface area (Å²) in [5.74, 6) is -0.161. The Morgan fingerprint density at radius 3 is 2.13 bits per heavy atom. The summed E-state index contributed by atoms with van der Waals surface area (Å²) < 4.78 is 2.04. The van der Waals surface area contributed by atoms with Crippen LogP contribution in [0.1, 0.15) is 46.2 Å². The van der Waals surface area contributed by atoms with E-state index >= 15 is 0 Å². The van der Waals surface area contributed by atoms with Crippen LogP contribution < -0.4 is 5.43 Å². The van der Waals surface area contributed by atoms with Crippen molar-refractivity contribution >= 4 is 0 Å². The van der Waals surface area contributed by atoms with Crippen LogP contribution in [0.5, 0.6) is 5.75 Å². The predicted octanol–water partition coefficient (Wildman–Crippen LogP) is 2.52. The number of nitrogens with zero attached hydrogens (tertiary/aromatic N) is 3. The lowest BCUT2D eigenvalue weighted by Gasteiger charge is -2.25. The lowest BCUT2D eigenvalue weighted by molar-refractivity contribution is 0.251. The van der Waals surface area contributed by atoms with Gasteiger partial charge in [-0.2, -0.15) is 0 Å². The second kappa shape index (κ2) is 10.4. The molecule has 5 heteroatoms.